The number of carbonyl (C=O) groups excluding carboxylic acids is 2. The van der Waals surface area contributed by atoms with Crippen LogP contribution in [0, 0.1) is 17.2 Å². The average Bonchev–Trinajstić information content (AvgIpc) is 2.98. The van der Waals surface area contributed by atoms with Gasteiger partial charge in [0.05, 0.1) is 11.6 Å². The van der Waals surface area contributed by atoms with Gasteiger partial charge in [0.15, 0.2) is 0 Å². The summed E-state index contributed by atoms with van der Waals surface area (Å²) in [7, 11) is 1.48. The zero-order valence-corrected chi connectivity index (χ0v) is 17.8. The SMILES string of the molecule is CN1C(=O)N(Cc2ccc(C#N)cc2)C2(CCN(C(=O)O)CC2Cc2ccccc2)C1=O. The molecule has 2 fully saturated rings. The molecule has 32 heavy (non-hydrogen) atoms. The van der Waals surface area contributed by atoms with E-state index in [-0.39, 0.29) is 38.0 Å². The smallest absolute Gasteiger partial charge is 0.407 e. The van der Waals surface area contributed by atoms with Crippen molar-refractivity contribution in [2.45, 2.75) is 24.9 Å². The van der Waals surface area contributed by atoms with Crippen LogP contribution < -0.4 is 0 Å². The van der Waals surface area contributed by atoms with Crippen LogP contribution >= 0.6 is 0 Å². The van der Waals surface area contributed by atoms with Gasteiger partial charge in [-0.25, -0.2) is 9.59 Å². The lowest BCUT2D eigenvalue weighted by Crippen LogP contribution is -2.63. The number of benzene rings is 2. The van der Waals surface area contributed by atoms with Gasteiger partial charge in [-0.05, 0) is 36.1 Å². The van der Waals surface area contributed by atoms with Gasteiger partial charge in [-0.2, -0.15) is 5.26 Å². The number of urea groups is 1. The second-order valence-electron chi connectivity index (χ2n) is 8.33. The van der Waals surface area contributed by atoms with Crippen molar-refractivity contribution >= 4 is 18.0 Å². The van der Waals surface area contributed by atoms with Crippen molar-refractivity contribution in [2.24, 2.45) is 5.92 Å². The lowest BCUT2D eigenvalue weighted by atomic mass is 9.73. The van der Waals surface area contributed by atoms with E-state index in [0.29, 0.717) is 12.0 Å². The first kappa shape index (κ1) is 21.4. The molecule has 0 radical (unpaired) electrons. The number of amides is 4. The van der Waals surface area contributed by atoms with Gasteiger partial charge in [0.25, 0.3) is 5.91 Å². The van der Waals surface area contributed by atoms with Gasteiger partial charge in [-0.3, -0.25) is 9.69 Å². The van der Waals surface area contributed by atoms with E-state index in [2.05, 4.69) is 6.07 Å². The van der Waals surface area contributed by atoms with E-state index in [1.54, 1.807) is 29.2 Å². The Bertz CT molecular complexity index is 1080. The predicted molar refractivity (Wildman–Crippen MR) is 115 cm³/mol. The number of imide groups is 1. The summed E-state index contributed by atoms with van der Waals surface area (Å²) in [5.41, 5.74) is 1.18. The Labute approximate surface area is 186 Å². The highest BCUT2D eigenvalue weighted by Crippen LogP contribution is 2.43. The molecule has 2 unspecified atom stereocenters. The zero-order chi connectivity index (χ0) is 22.9. The molecule has 2 atom stereocenters. The molecular weight excluding hydrogens is 408 g/mol. The maximum absolute atomic E-state index is 13.5. The molecular formula is C24H24N4O4. The van der Waals surface area contributed by atoms with Crippen LogP contribution in [0.2, 0.25) is 0 Å². The van der Waals surface area contributed by atoms with Gasteiger partial charge in [0.2, 0.25) is 0 Å². The maximum Gasteiger partial charge on any atom is 0.407 e. The number of rotatable bonds is 4. The van der Waals surface area contributed by atoms with Crippen molar-refractivity contribution in [3.8, 4) is 6.07 Å². The van der Waals surface area contributed by atoms with E-state index < -0.39 is 17.6 Å². The third-order valence-electron chi connectivity index (χ3n) is 6.57. The second kappa shape index (κ2) is 8.35. The van der Waals surface area contributed by atoms with Crippen molar-refractivity contribution in [3.05, 3.63) is 71.3 Å². The molecule has 2 aliphatic rings. The van der Waals surface area contributed by atoms with E-state index in [0.717, 1.165) is 16.0 Å². The largest absolute Gasteiger partial charge is 0.465 e. The van der Waals surface area contributed by atoms with Crippen LogP contribution in [0.25, 0.3) is 0 Å². The molecule has 1 spiro atoms. The van der Waals surface area contributed by atoms with Crippen LogP contribution in [0.3, 0.4) is 0 Å². The third-order valence-corrected chi connectivity index (χ3v) is 6.57. The van der Waals surface area contributed by atoms with Crippen molar-refractivity contribution in [1.82, 2.24) is 14.7 Å². The number of carbonyl (C=O) groups is 3. The van der Waals surface area contributed by atoms with Crippen LogP contribution in [-0.2, 0) is 17.8 Å². The van der Waals surface area contributed by atoms with Gasteiger partial charge < -0.3 is 14.9 Å². The molecule has 4 amide bonds. The van der Waals surface area contributed by atoms with E-state index in [9.17, 15) is 19.5 Å². The van der Waals surface area contributed by atoms with Crippen molar-refractivity contribution in [1.29, 1.82) is 5.26 Å². The fourth-order valence-electron chi connectivity index (χ4n) is 4.88. The predicted octanol–water partition coefficient (Wildman–Crippen LogP) is 2.93. The monoisotopic (exact) mass is 432 g/mol. The molecule has 0 saturated carbocycles. The first-order valence-corrected chi connectivity index (χ1v) is 10.5. The Morgan fingerprint density at radius 3 is 2.44 bits per heavy atom. The minimum Gasteiger partial charge on any atom is -0.465 e. The summed E-state index contributed by atoms with van der Waals surface area (Å²) in [5, 5.41) is 18.6. The van der Waals surface area contributed by atoms with E-state index >= 15 is 0 Å². The molecule has 2 heterocycles. The van der Waals surface area contributed by atoms with Crippen molar-refractivity contribution in [3.63, 3.8) is 0 Å². The quantitative estimate of drug-likeness (QED) is 0.748. The van der Waals surface area contributed by atoms with Crippen LogP contribution in [0.5, 0.6) is 0 Å². The van der Waals surface area contributed by atoms with E-state index in [1.165, 1.54) is 11.9 Å². The molecule has 2 aromatic carbocycles. The molecule has 2 saturated heterocycles. The number of carboxylic acid groups (broad SMARTS) is 1. The zero-order valence-electron chi connectivity index (χ0n) is 17.8. The van der Waals surface area contributed by atoms with Gasteiger partial charge in [0, 0.05) is 32.6 Å². The standard InChI is InChI=1S/C24H24N4O4/c1-26-21(29)24(28(22(26)30)15-19-9-7-18(14-25)8-10-19)11-12-27(23(31)32)16-20(24)13-17-5-3-2-4-6-17/h2-10,20H,11-13,15-16H2,1H3,(H,31,32). The average molecular weight is 432 g/mol. The Morgan fingerprint density at radius 2 is 1.81 bits per heavy atom. The first-order chi connectivity index (χ1) is 15.4. The molecule has 2 aliphatic heterocycles. The Morgan fingerprint density at radius 1 is 1.12 bits per heavy atom. The highest BCUT2D eigenvalue weighted by atomic mass is 16.4. The first-order valence-electron chi connectivity index (χ1n) is 10.5. The van der Waals surface area contributed by atoms with Crippen molar-refractivity contribution < 1.29 is 19.5 Å². The fourth-order valence-corrected chi connectivity index (χ4v) is 4.88. The maximum atomic E-state index is 13.5. The molecule has 2 aromatic rings. The van der Waals surface area contributed by atoms with Crippen LogP contribution in [0.15, 0.2) is 54.6 Å². The number of hydrogen-bond donors (Lipinski definition) is 1. The number of likely N-dealkylation sites (N-methyl/N-ethyl adjacent to an activating group) is 1. The summed E-state index contributed by atoms with van der Waals surface area (Å²) >= 11 is 0. The van der Waals surface area contributed by atoms with Gasteiger partial charge in [-0.1, -0.05) is 42.5 Å². The number of nitrogens with zero attached hydrogens (tertiary/aromatic N) is 4. The molecule has 0 bridgehead atoms. The summed E-state index contributed by atoms with van der Waals surface area (Å²) in [6.45, 7) is 0.553. The third kappa shape index (κ3) is 3.56. The normalized spacial score (nSPS) is 23.0. The highest BCUT2D eigenvalue weighted by Gasteiger charge is 2.61. The lowest BCUT2D eigenvalue weighted by molar-refractivity contribution is -0.138. The molecule has 0 aromatic heterocycles. The van der Waals surface area contributed by atoms with E-state index in [1.807, 2.05) is 30.3 Å². The van der Waals surface area contributed by atoms with Crippen LogP contribution in [0.1, 0.15) is 23.1 Å². The van der Waals surface area contributed by atoms with Crippen molar-refractivity contribution in [2.75, 3.05) is 20.1 Å². The topological polar surface area (TPSA) is 105 Å². The van der Waals surface area contributed by atoms with Gasteiger partial charge in [0.1, 0.15) is 5.54 Å². The Balaban J connectivity index is 1.74. The minimum absolute atomic E-state index is 0.168. The van der Waals surface area contributed by atoms with Crippen LogP contribution in [-0.4, -0.2) is 63.5 Å². The molecule has 8 heteroatoms. The molecule has 1 N–H and O–H groups in total. The van der Waals surface area contributed by atoms with E-state index in [4.69, 9.17) is 5.26 Å². The fraction of sp³-hybridized carbons (Fsp3) is 0.333. The molecule has 164 valence electrons. The number of piperidine rings is 1. The second-order valence-corrected chi connectivity index (χ2v) is 8.33. The number of likely N-dealkylation sites (tertiary alicyclic amines) is 1. The van der Waals surface area contributed by atoms with Gasteiger partial charge >= 0.3 is 12.1 Å². The Kier molecular flexibility index (Phi) is 5.57. The molecule has 8 nitrogen and oxygen atoms in total. The van der Waals surface area contributed by atoms with Gasteiger partial charge in [-0.15, -0.1) is 0 Å². The van der Waals surface area contributed by atoms with Crippen LogP contribution in [0.4, 0.5) is 9.59 Å². The summed E-state index contributed by atoms with van der Waals surface area (Å²) < 4.78 is 0. The minimum atomic E-state index is -1.12. The summed E-state index contributed by atoms with van der Waals surface area (Å²) in [5.74, 6) is -0.684. The highest BCUT2D eigenvalue weighted by molar-refractivity contribution is 6.07. The summed E-state index contributed by atoms with van der Waals surface area (Å²) in [6.07, 6.45) is -0.315. The summed E-state index contributed by atoms with van der Waals surface area (Å²) in [4.78, 5) is 42.5. The number of hydrogen-bond acceptors (Lipinski definition) is 4. The summed E-state index contributed by atoms with van der Waals surface area (Å²) in [6, 6.07) is 18.2. The number of nitriles is 1. The molecule has 0 aliphatic carbocycles. The molecule has 4 rings (SSSR count). The lowest BCUT2D eigenvalue weighted by Gasteiger charge is -2.47. The Hall–Kier alpha value is -3.86.